The highest BCUT2D eigenvalue weighted by atomic mass is 79.9. The highest BCUT2D eigenvalue weighted by Crippen LogP contribution is 2.61. The predicted octanol–water partition coefficient (Wildman–Crippen LogP) is 2.75. The number of carbonyl (C=O) groups is 2. The van der Waals surface area contributed by atoms with E-state index in [1.165, 1.54) is 11.3 Å². The van der Waals surface area contributed by atoms with Crippen LogP contribution in [0.15, 0.2) is 15.5 Å². The number of halogens is 1. The number of carboxylic acid groups (broad SMARTS) is 1. The van der Waals surface area contributed by atoms with Gasteiger partial charge >= 0.3 is 6.09 Å². The summed E-state index contributed by atoms with van der Waals surface area (Å²) in [6.07, 6.45) is 4.49. The van der Waals surface area contributed by atoms with Gasteiger partial charge < -0.3 is 20.6 Å². The molecule has 1 aliphatic heterocycles. The van der Waals surface area contributed by atoms with Crippen LogP contribution < -0.4 is 16.2 Å². The minimum Gasteiger partial charge on any atom is -0.465 e. The Kier molecular flexibility index (Phi) is 6.26. The molecule has 1 aromatic heterocycles. The fourth-order valence-corrected chi connectivity index (χ4v) is 6.36. The van der Waals surface area contributed by atoms with Crippen LogP contribution >= 0.6 is 15.9 Å². The minimum atomic E-state index is -0.972. The van der Waals surface area contributed by atoms with Crippen molar-refractivity contribution >= 4 is 33.6 Å². The summed E-state index contributed by atoms with van der Waals surface area (Å²) in [6.45, 7) is 7.50. The first-order valence-corrected chi connectivity index (χ1v) is 12.2. The second kappa shape index (κ2) is 8.68. The first-order valence-electron chi connectivity index (χ1n) is 11.4. The van der Waals surface area contributed by atoms with Gasteiger partial charge in [-0.15, -0.1) is 0 Å². The van der Waals surface area contributed by atoms with Gasteiger partial charge in [0.1, 0.15) is 11.0 Å². The molecule has 3 saturated carbocycles. The third-order valence-electron chi connectivity index (χ3n) is 8.13. The Morgan fingerprint density at radius 2 is 2.09 bits per heavy atom. The molecular formula is C22H32BrN5O4. The van der Waals surface area contributed by atoms with Gasteiger partial charge in [-0.1, -0.05) is 20.8 Å². The van der Waals surface area contributed by atoms with E-state index in [0.29, 0.717) is 45.9 Å². The van der Waals surface area contributed by atoms with Crippen molar-refractivity contribution in [1.82, 2.24) is 20.0 Å². The Labute approximate surface area is 196 Å². The Balaban J connectivity index is 1.35. The molecule has 2 amide bonds. The molecule has 32 heavy (non-hydrogen) atoms. The SMILES string of the molecule is C[C@H]1[C@H]2C[C@H](C[C@H]1Nc1cnn(CC(=O)NC[C@H]3CCCN3C(=O)O)c(=O)c1Br)C2(C)C. The highest BCUT2D eigenvalue weighted by Gasteiger charge is 2.56. The van der Waals surface area contributed by atoms with Crippen LogP contribution in [0.5, 0.6) is 0 Å². The van der Waals surface area contributed by atoms with Crippen molar-refractivity contribution < 1.29 is 14.7 Å². The van der Waals surface area contributed by atoms with E-state index in [0.717, 1.165) is 23.9 Å². The molecule has 5 rings (SSSR count). The lowest BCUT2D eigenvalue weighted by molar-refractivity contribution is -0.122. The van der Waals surface area contributed by atoms with Crippen LogP contribution in [0.25, 0.3) is 0 Å². The van der Waals surface area contributed by atoms with Crippen molar-refractivity contribution in [3.05, 3.63) is 21.0 Å². The number of carbonyl (C=O) groups excluding carboxylic acids is 1. The average molecular weight is 510 g/mol. The zero-order valence-corrected chi connectivity index (χ0v) is 20.4. The van der Waals surface area contributed by atoms with Crippen molar-refractivity contribution in [2.24, 2.45) is 23.2 Å². The molecular weight excluding hydrogens is 478 g/mol. The number of hydrogen-bond acceptors (Lipinski definition) is 5. The maximum absolute atomic E-state index is 12.8. The summed E-state index contributed by atoms with van der Waals surface area (Å²) in [5.41, 5.74) is 0.682. The van der Waals surface area contributed by atoms with Gasteiger partial charge in [0, 0.05) is 19.1 Å². The topological polar surface area (TPSA) is 117 Å². The van der Waals surface area contributed by atoms with E-state index in [1.54, 1.807) is 6.20 Å². The summed E-state index contributed by atoms with van der Waals surface area (Å²) in [6, 6.07) is 0.0696. The summed E-state index contributed by atoms with van der Waals surface area (Å²) in [4.78, 5) is 37.7. The van der Waals surface area contributed by atoms with Crippen molar-refractivity contribution in [2.75, 3.05) is 18.4 Å². The molecule has 0 radical (unpaired) electrons. The molecule has 3 aliphatic carbocycles. The summed E-state index contributed by atoms with van der Waals surface area (Å²) in [5, 5.41) is 19.6. The first-order chi connectivity index (χ1) is 15.1. The van der Waals surface area contributed by atoms with E-state index >= 15 is 0 Å². The lowest BCUT2D eigenvalue weighted by Gasteiger charge is -2.62. The van der Waals surface area contributed by atoms with Crippen molar-refractivity contribution in [2.45, 2.75) is 65.1 Å². The van der Waals surface area contributed by atoms with Crippen LogP contribution in [0.4, 0.5) is 10.5 Å². The first kappa shape index (κ1) is 23.1. The lowest BCUT2D eigenvalue weighted by atomic mass is 9.45. The van der Waals surface area contributed by atoms with Gasteiger partial charge in [-0.3, -0.25) is 9.59 Å². The fraction of sp³-hybridized carbons (Fsp3) is 0.727. The average Bonchev–Trinajstić information content (AvgIpc) is 3.22. The molecule has 0 spiro atoms. The third-order valence-corrected chi connectivity index (χ3v) is 8.90. The number of hydrogen-bond donors (Lipinski definition) is 3. The van der Waals surface area contributed by atoms with Crippen molar-refractivity contribution in [3.63, 3.8) is 0 Å². The number of nitrogens with zero attached hydrogens (tertiary/aromatic N) is 3. The van der Waals surface area contributed by atoms with Gasteiger partial charge in [0.2, 0.25) is 5.91 Å². The zero-order valence-electron chi connectivity index (χ0n) is 18.8. The lowest BCUT2D eigenvalue weighted by Crippen LogP contribution is -2.58. The molecule has 1 aromatic rings. The van der Waals surface area contributed by atoms with Gasteiger partial charge in [0.25, 0.3) is 5.56 Å². The second-order valence-electron chi connectivity index (χ2n) is 10.1. The van der Waals surface area contributed by atoms with Gasteiger partial charge in [-0.2, -0.15) is 5.10 Å². The minimum absolute atomic E-state index is 0.213. The molecule has 0 aromatic carbocycles. The second-order valence-corrected chi connectivity index (χ2v) is 10.9. The van der Waals surface area contributed by atoms with E-state index in [1.807, 2.05) is 0 Å². The number of aromatic nitrogens is 2. The number of amides is 2. The van der Waals surface area contributed by atoms with Crippen molar-refractivity contribution in [1.29, 1.82) is 0 Å². The van der Waals surface area contributed by atoms with Crippen LogP contribution in [0.3, 0.4) is 0 Å². The number of likely N-dealkylation sites (tertiary alicyclic amines) is 1. The number of fused-ring (bicyclic) bond motifs is 2. The Morgan fingerprint density at radius 1 is 1.34 bits per heavy atom. The van der Waals surface area contributed by atoms with Gasteiger partial charge in [-0.05, 0) is 64.8 Å². The summed E-state index contributed by atoms with van der Waals surface area (Å²) in [5.74, 6) is 1.53. The van der Waals surface area contributed by atoms with E-state index in [2.05, 4.69) is 52.4 Å². The van der Waals surface area contributed by atoms with Gasteiger partial charge in [-0.25, -0.2) is 9.48 Å². The van der Waals surface area contributed by atoms with Crippen LogP contribution in [0, 0.1) is 23.2 Å². The molecule has 1 saturated heterocycles. The van der Waals surface area contributed by atoms with Crippen LogP contribution in [-0.4, -0.2) is 57.0 Å². The smallest absolute Gasteiger partial charge is 0.407 e. The van der Waals surface area contributed by atoms with Gasteiger partial charge in [0.05, 0.1) is 17.9 Å². The van der Waals surface area contributed by atoms with E-state index < -0.39 is 6.09 Å². The predicted molar refractivity (Wildman–Crippen MR) is 124 cm³/mol. The quantitative estimate of drug-likeness (QED) is 0.542. The standard InChI is InChI=1S/C22H32BrN5O4/c1-12-15-7-13(22(15,2)3)8-16(12)26-17-10-25-28(20(30)19(17)23)11-18(29)24-9-14-5-4-6-27(14)21(31)32/h10,12-16,26H,4-9,11H2,1-3H3,(H,24,29)(H,31,32)/t12-,13+,14+,15+,16+/m0/s1. The summed E-state index contributed by atoms with van der Waals surface area (Å²) < 4.78 is 1.50. The van der Waals surface area contributed by atoms with E-state index in [4.69, 9.17) is 0 Å². The Hall–Kier alpha value is -2.10. The summed E-state index contributed by atoms with van der Waals surface area (Å²) >= 11 is 3.39. The molecule has 10 heteroatoms. The normalized spacial score (nSPS) is 30.5. The highest BCUT2D eigenvalue weighted by molar-refractivity contribution is 9.10. The molecule has 3 N–H and O–H groups in total. The Morgan fingerprint density at radius 3 is 2.75 bits per heavy atom. The number of rotatable bonds is 6. The molecule has 2 heterocycles. The third kappa shape index (κ3) is 4.13. The molecule has 5 atom stereocenters. The number of anilines is 1. The monoisotopic (exact) mass is 509 g/mol. The van der Waals surface area contributed by atoms with E-state index in [9.17, 15) is 19.5 Å². The maximum Gasteiger partial charge on any atom is 0.407 e. The molecule has 176 valence electrons. The zero-order chi connectivity index (χ0) is 23.2. The molecule has 2 bridgehead atoms. The van der Waals surface area contributed by atoms with Crippen molar-refractivity contribution in [3.8, 4) is 0 Å². The van der Waals surface area contributed by atoms with E-state index in [-0.39, 0.29) is 30.6 Å². The number of nitrogens with one attached hydrogen (secondary N) is 2. The molecule has 0 unspecified atom stereocenters. The Bertz CT molecular complexity index is 964. The largest absolute Gasteiger partial charge is 0.465 e. The van der Waals surface area contributed by atoms with Gasteiger partial charge in [0.15, 0.2) is 0 Å². The van der Waals surface area contributed by atoms with Crippen LogP contribution in [0.1, 0.15) is 46.5 Å². The fourth-order valence-electron chi connectivity index (χ4n) is 5.94. The van der Waals surface area contributed by atoms with Crippen LogP contribution in [0.2, 0.25) is 0 Å². The summed E-state index contributed by atoms with van der Waals surface area (Å²) in [7, 11) is 0. The molecule has 4 aliphatic rings. The maximum atomic E-state index is 12.8. The van der Waals surface area contributed by atoms with Crippen LogP contribution in [-0.2, 0) is 11.3 Å². The molecule has 4 fully saturated rings. The molecule has 9 nitrogen and oxygen atoms in total.